The molecule has 0 aromatic carbocycles. The third-order valence-corrected chi connectivity index (χ3v) is 3.34. The van der Waals surface area contributed by atoms with Gasteiger partial charge in [-0.05, 0) is 0 Å². The number of likely N-dealkylation sites (tertiary alicyclic amines) is 1. The lowest BCUT2D eigenvalue weighted by atomic mass is 9.96. The smallest absolute Gasteiger partial charge is 0.275 e. The Bertz CT molecular complexity index is 446. The fourth-order valence-electron chi connectivity index (χ4n) is 2.38. The zero-order valence-corrected chi connectivity index (χ0v) is 11.0. The Labute approximate surface area is 110 Å². The van der Waals surface area contributed by atoms with Crippen LogP contribution in [0.1, 0.15) is 10.5 Å². The Morgan fingerprint density at radius 2 is 2.37 bits per heavy atom. The molecule has 0 radical (unpaired) electrons. The minimum atomic E-state index is -0.249. The number of aromatic nitrogens is 1. The zero-order chi connectivity index (χ0) is 13.8. The van der Waals surface area contributed by atoms with E-state index >= 15 is 0 Å². The van der Waals surface area contributed by atoms with Gasteiger partial charge in [0.05, 0.1) is 12.5 Å². The number of carbonyl (C=O) groups excluding carboxylic acids is 2. The number of hydrogen-bond acceptors (Lipinski definition) is 5. The van der Waals surface area contributed by atoms with E-state index in [1.807, 2.05) is 0 Å². The molecule has 1 aliphatic heterocycles. The van der Waals surface area contributed by atoms with Gasteiger partial charge in [-0.3, -0.25) is 9.59 Å². The van der Waals surface area contributed by atoms with Crippen LogP contribution in [0.4, 0.5) is 0 Å². The summed E-state index contributed by atoms with van der Waals surface area (Å²) in [6, 6.07) is 0. The number of carbonyl (C=O) groups is 2. The Hall–Kier alpha value is -1.89. The first kappa shape index (κ1) is 13.5. The molecule has 1 aromatic heterocycles. The van der Waals surface area contributed by atoms with E-state index < -0.39 is 0 Å². The average Bonchev–Trinajstić information content (AvgIpc) is 3.07. The SMILES string of the molecule is CNC(=O)C1CN(C(=O)c2cocn2)CC1COC. The van der Waals surface area contributed by atoms with E-state index in [-0.39, 0.29) is 29.3 Å². The summed E-state index contributed by atoms with van der Waals surface area (Å²) in [6.45, 7) is 1.30. The van der Waals surface area contributed by atoms with Crippen LogP contribution in [0.15, 0.2) is 17.1 Å². The highest BCUT2D eigenvalue weighted by molar-refractivity contribution is 5.93. The molecule has 2 heterocycles. The third kappa shape index (κ3) is 2.76. The van der Waals surface area contributed by atoms with Gasteiger partial charge in [-0.25, -0.2) is 4.98 Å². The first-order valence-corrected chi connectivity index (χ1v) is 6.05. The normalized spacial score (nSPS) is 22.5. The quantitative estimate of drug-likeness (QED) is 0.813. The van der Waals surface area contributed by atoms with Gasteiger partial charge in [-0.2, -0.15) is 0 Å². The third-order valence-electron chi connectivity index (χ3n) is 3.34. The highest BCUT2D eigenvalue weighted by Gasteiger charge is 2.39. The predicted octanol–water partition coefficient (Wildman–Crippen LogP) is -0.245. The Morgan fingerprint density at radius 1 is 1.58 bits per heavy atom. The lowest BCUT2D eigenvalue weighted by molar-refractivity contribution is -0.125. The van der Waals surface area contributed by atoms with Crippen molar-refractivity contribution in [3.8, 4) is 0 Å². The standard InChI is InChI=1S/C12H17N3O4/c1-13-11(16)9-4-15(3-8(9)5-18-2)12(17)10-6-19-7-14-10/h6-9H,3-5H2,1-2H3,(H,13,16). The number of methoxy groups -OCH3 is 1. The summed E-state index contributed by atoms with van der Waals surface area (Å²) in [4.78, 5) is 29.4. The highest BCUT2D eigenvalue weighted by atomic mass is 16.5. The maximum Gasteiger partial charge on any atom is 0.275 e. The molecule has 19 heavy (non-hydrogen) atoms. The molecule has 1 N–H and O–H groups in total. The van der Waals surface area contributed by atoms with Gasteiger partial charge in [-0.15, -0.1) is 0 Å². The fraction of sp³-hybridized carbons (Fsp3) is 0.583. The molecule has 1 aromatic rings. The van der Waals surface area contributed by atoms with E-state index in [0.717, 1.165) is 0 Å². The molecule has 0 saturated carbocycles. The van der Waals surface area contributed by atoms with Gasteiger partial charge in [0.1, 0.15) is 6.26 Å². The largest absolute Gasteiger partial charge is 0.451 e. The van der Waals surface area contributed by atoms with E-state index in [2.05, 4.69) is 10.3 Å². The molecular formula is C12H17N3O4. The summed E-state index contributed by atoms with van der Waals surface area (Å²) in [7, 11) is 3.18. The number of hydrogen-bond donors (Lipinski definition) is 1. The van der Waals surface area contributed by atoms with E-state index in [9.17, 15) is 9.59 Å². The van der Waals surface area contributed by atoms with Gasteiger partial charge in [0.25, 0.3) is 5.91 Å². The first-order chi connectivity index (χ1) is 9.17. The van der Waals surface area contributed by atoms with Crippen LogP contribution in [0.3, 0.4) is 0 Å². The molecule has 104 valence electrons. The van der Waals surface area contributed by atoms with Crippen LogP contribution in [0, 0.1) is 11.8 Å². The monoisotopic (exact) mass is 267 g/mol. The zero-order valence-electron chi connectivity index (χ0n) is 11.0. The number of oxazole rings is 1. The van der Waals surface area contributed by atoms with Crippen molar-refractivity contribution in [1.29, 1.82) is 0 Å². The van der Waals surface area contributed by atoms with Gasteiger partial charge in [0.2, 0.25) is 5.91 Å². The molecule has 2 amide bonds. The molecule has 2 unspecified atom stereocenters. The molecule has 1 aliphatic rings. The summed E-state index contributed by atoms with van der Waals surface area (Å²) in [5.74, 6) is -0.541. The predicted molar refractivity (Wildman–Crippen MR) is 65.3 cm³/mol. The van der Waals surface area contributed by atoms with Crippen molar-refractivity contribution in [2.45, 2.75) is 0 Å². The second-order valence-electron chi connectivity index (χ2n) is 4.52. The minimum absolute atomic E-state index is 0.000742. The average molecular weight is 267 g/mol. The Morgan fingerprint density at radius 3 is 2.95 bits per heavy atom. The topological polar surface area (TPSA) is 84.7 Å². The molecule has 0 aliphatic carbocycles. The Kier molecular flexibility index (Phi) is 4.16. The van der Waals surface area contributed by atoms with Crippen LogP contribution < -0.4 is 5.32 Å². The van der Waals surface area contributed by atoms with Crippen molar-refractivity contribution in [2.24, 2.45) is 11.8 Å². The van der Waals surface area contributed by atoms with Crippen molar-refractivity contribution >= 4 is 11.8 Å². The second kappa shape index (κ2) is 5.83. The second-order valence-corrected chi connectivity index (χ2v) is 4.52. The van der Waals surface area contributed by atoms with E-state index in [4.69, 9.17) is 9.15 Å². The summed E-state index contributed by atoms with van der Waals surface area (Å²) < 4.78 is 9.92. The summed E-state index contributed by atoms with van der Waals surface area (Å²) in [5, 5.41) is 2.62. The van der Waals surface area contributed by atoms with Gasteiger partial charge < -0.3 is 19.4 Å². The summed E-state index contributed by atoms with van der Waals surface area (Å²) in [6.07, 6.45) is 2.52. The molecular weight excluding hydrogens is 250 g/mol. The maximum atomic E-state index is 12.1. The van der Waals surface area contributed by atoms with E-state index in [0.29, 0.717) is 19.7 Å². The summed E-state index contributed by atoms with van der Waals surface area (Å²) >= 11 is 0. The first-order valence-electron chi connectivity index (χ1n) is 6.05. The van der Waals surface area contributed by atoms with Gasteiger partial charge in [-0.1, -0.05) is 0 Å². The molecule has 0 bridgehead atoms. The van der Waals surface area contributed by atoms with E-state index in [1.165, 1.54) is 12.7 Å². The number of rotatable bonds is 4. The van der Waals surface area contributed by atoms with Crippen molar-refractivity contribution in [3.63, 3.8) is 0 Å². The molecule has 7 nitrogen and oxygen atoms in total. The molecule has 2 rings (SSSR count). The van der Waals surface area contributed by atoms with Crippen LogP contribution in [0.25, 0.3) is 0 Å². The van der Waals surface area contributed by atoms with Crippen LogP contribution >= 0.6 is 0 Å². The lowest BCUT2D eigenvalue weighted by Gasteiger charge is -2.14. The number of nitrogens with zero attached hydrogens (tertiary/aromatic N) is 2. The molecule has 2 atom stereocenters. The Balaban J connectivity index is 2.09. The van der Waals surface area contributed by atoms with Gasteiger partial charge in [0, 0.05) is 33.2 Å². The van der Waals surface area contributed by atoms with Crippen LogP contribution in [0.2, 0.25) is 0 Å². The van der Waals surface area contributed by atoms with Crippen molar-refractivity contribution in [2.75, 3.05) is 33.9 Å². The number of amides is 2. The molecule has 0 spiro atoms. The fourth-order valence-corrected chi connectivity index (χ4v) is 2.38. The molecule has 7 heteroatoms. The summed E-state index contributed by atoms with van der Waals surface area (Å²) in [5.41, 5.74) is 0.258. The van der Waals surface area contributed by atoms with Crippen molar-refractivity contribution < 1.29 is 18.7 Å². The molecule has 1 fully saturated rings. The molecule has 1 saturated heterocycles. The number of nitrogens with one attached hydrogen (secondary N) is 1. The number of ether oxygens (including phenoxy) is 1. The van der Waals surface area contributed by atoms with Crippen LogP contribution in [0.5, 0.6) is 0 Å². The van der Waals surface area contributed by atoms with Crippen molar-refractivity contribution in [3.05, 3.63) is 18.4 Å². The minimum Gasteiger partial charge on any atom is -0.451 e. The van der Waals surface area contributed by atoms with Crippen LogP contribution in [-0.2, 0) is 9.53 Å². The maximum absolute atomic E-state index is 12.1. The lowest BCUT2D eigenvalue weighted by Crippen LogP contribution is -2.34. The van der Waals surface area contributed by atoms with E-state index in [1.54, 1.807) is 19.1 Å². The highest BCUT2D eigenvalue weighted by Crippen LogP contribution is 2.25. The van der Waals surface area contributed by atoms with Gasteiger partial charge >= 0.3 is 0 Å². The van der Waals surface area contributed by atoms with Gasteiger partial charge in [0.15, 0.2) is 12.1 Å². The van der Waals surface area contributed by atoms with Crippen LogP contribution in [-0.4, -0.2) is 55.6 Å². The van der Waals surface area contributed by atoms with Crippen molar-refractivity contribution in [1.82, 2.24) is 15.2 Å².